The van der Waals surface area contributed by atoms with Gasteiger partial charge in [0, 0.05) is 0 Å². The molecule has 1 unspecified atom stereocenters. The van der Waals surface area contributed by atoms with Gasteiger partial charge in [-0.25, -0.2) is 5.57 Å². The summed E-state index contributed by atoms with van der Waals surface area (Å²) < 4.78 is 0. The van der Waals surface area contributed by atoms with Crippen molar-refractivity contribution in [1.82, 2.24) is 0 Å². The van der Waals surface area contributed by atoms with Crippen molar-refractivity contribution in [2.24, 2.45) is 5.41 Å². The van der Waals surface area contributed by atoms with Crippen LogP contribution in [0.1, 0.15) is 33.1 Å². The van der Waals surface area contributed by atoms with Gasteiger partial charge in [0.05, 0.1) is 0 Å². The summed E-state index contributed by atoms with van der Waals surface area (Å²) in [4.78, 5) is 0. The van der Waals surface area contributed by atoms with E-state index in [1.807, 2.05) is 0 Å². The van der Waals surface area contributed by atoms with E-state index >= 15 is 0 Å². The second kappa shape index (κ2) is 6.04. The first-order chi connectivity index (χ1) is 6.72. The van der Waals surface area contributed by atoms with Crippen LogP contribution in [0.3, 0.4) is 0 Å². The first-order valence-corrected chi connectivity index (χ1v) is 5.42. The van der Waals surface area contributed by atoms with Crippen molar-refractivity contribution >= 4 is 0 Å². The van der Waals surface area contributed by atoms with Crippen molar-refractivity contribution in [1.29, 1.82) is 0 Å². The Hall–Kier alpha value is 0.423. The van der Waals surface area contributed by atoms with E-state index in [2.05, 4.69) is 38.2 Å². The molecule has 0 aromatic carbocycles. The Morgan fingerprint density at radius 1 is 1.24 bits per heavy atom. The average molecular weight is 345 g/mol. The summed E-state index contributed by atoms with van der Waals surface area (Å²) in [6.07, 6.45) is 14.0. The van der Waals surface area contributed by atoms with Crippen LogP contribution in [0, 0.1) is 11.5 Å². The van der Waals surface area contributed by atoms with Crippen LogP contribution in [0.5, 0.6) is 0 Å². The van der Waals surface area contributed by atoms with Crippen LogP contribution in [-0.2, 0) is 26.2 Å². The van der Waals surface area contributed by atoms with Crippen LogP contribution in [0.2, 0.25) is 0 Å². The first kappa shape index (κ1) is 17.4. The van der Waals surface area contributed by atoms with Gasteiger partial charge in [-0.15, -0.1) is 0 Å². The molecule has 3 aliphatic rings. The first-order valence-electron chi connectivity index (χ1n) is 5.42. The summed E-state index contributed by atoms with van der Waals surface area (Å²) >= 11 is 0. The Morgan fingerprint density at radius 3 is 2.35 bits per heavy atom. The van der Waals surface area contributed by atoms with Gasteiger partial charge in [-0.3, -0.25) is 6.08 Å². The third-order valence-electron chi connectivity index (χ3n) is 3.90. The SMILES string of the molecule is CC1=[C-]C(C)(C2=CC=CC2)C2=C1CC2.[Cl-].[Cl-].[Zr+3]. The Bertz CT molecular complexity index is 430. The molecule has 1 atom stereocenters. The van der Waals surface area contributed by atoms with E-state index < -0.39 is 0 Å². The van der Waals surface area contributed by atoms with Crippen molar-refractivity contribution < 1.29 is 51.0 Å². The summed E-state index contributed by atoms with van der Waals surface area (Å²) in [6, 6.07) is 0. The molecule has 3 aliphatic carbocycles. The maximum absolute atomic E-state index is 3.67. The molecule has 89 valence electrons. The topological polar surface area (TPSA) is 0 Å². The molecule has 3 heteroatoms. The maximum atomic E-state index is 3.67. The van der Waals surface area contributed by atoms with Gasteiger partial charge in [-0.05, 0) is 6.42 Å². The van der Waals surface area contributed by atoms with Crippen LogP contribution < -0.4 is 24.8 Å². The molecule has 0 nitrogen and oxygen atoms in total. The van der Waals surface area contributed by atoms with Crippen molar-refractivity contribution in [3.8, 4) is 0 Å². The molecular weight excluding hydrogens is 330 g/mol. The van der Waals surface area contributed by atoms with Gasteiger partial charge < -0.3 is 24.8 Å². The monoisotopic (exact) mass is 343 g/mol. The van der Waals surface area contributed by atoms with Gasteiger partial charge in [0.15, 0.2) is 0 Å². The number of hydrogen-bond acceptors (Lipinski definition) is 0. The van der Waals surface area contributed by atoms with Crippen LogP contribution in [0.4, 0.5) is 0 Å². The van der Waals surface area contributed by atoms with Gasteiger partial charge in [0.2, 0.25) is 0 Å². The smallest absolute Gasteiger partial charge is 1.00 e. The van der Waals surface area contributed by atoms with E-state index in [0.29, 0.717) is 0 Å². The Balaban J connectivity index is 0.000000853. The van der Waals surface area contributed by atoms with E-state index in [4.69, 9.17) is 0 Å². The van der Waals surface area contributed by atoms with E-state index in [0.717, 1.165) is 6.42 Å². The molecule has 0 bridgehead atoms. The molecule has 0 saturated carbocycles. The molecule has 3 rings (SSSR count). The fourth-order valence-corrected chi connectivity index (χ4v) is 2.96. The van der Waals surface area contributed by atoms with Gasteiger partial charge in [-0.1, -0.05) is 55.9 Å². The zero-order valence-electron chi connectivity index (χ0n) is 10.1. The summed E-state index contributed by atoms with van der Waals surface area (Å²) in [6.45, 7) is 4.54. The summed E-state index contributed by atoms with van der Waals surface area (Å²) in [5, 5.41) is 0. The second-order valence-corrected chi connectivity index (χ2v) is 4.66. The Morgan fingerprint density at radius 2 is 1.94 bits per heavy atom. The third-order valence-corrected chi connectivity index (χ3v) is 3.90. The number of rotatable bonds is 1. The molecule has 0 aromatic rings. The number of hydrogen-bond donors (Lipinski definition) is 0. The average Bonchev–Trinajstić information content (AvgIpc) is 2.56. The molecule has 0 saturated heterocycles. The molecule has 0 fully saturated rings. The van der Waals surface area contributed by atoms with E-state index in [1.165, 1.54) is 24.0 Å². The van der Waals surface area contributed by atoms with Gasteiger partial charge in [0.25, 0.3) is 0 Å². The maximum Gasteiger partial charge on any atom is 3.00 e. The van der Waals surface area contributed by atoms with Gasteiger partial charge in [0.1, 0.15) is 0 Å². The quantitative estimate of drug-likeness (QED) is 0.471. The van der Waals surface area contributed by atoms with Crippen LogP contribution in [0.15, 0.2) is 40.5 Å². The summed E-state index contributed by atoms with van der Waals surface area (Å²) in [7, 11) is 0. The molecule has 0 heterocycles. The molecule has 0 amide bonds. The number of halogens is 2. The van der Waals surface area contributed by atoms with Crippen LogP contribution in [-0.4, -0.2) is 0 Å². The minimum Gasteiger partial charge on any atom is -1.00 e. The fraction of sp³-hybridized carbons (Fsp3) is 0.429. The minimum absolute atomic E-state index is 0. The molecule has 0 aliphatic heterocycles. The zero-order valence-corrected chi connectivity index (χ0v) is 14.1. The predicted octanol–water partition coefficient (Wildman–Crippen LogP) is -2.26. The molecule has 0 aromatic heterocycles. The summed E-state index contributed by atoms with van der Waals surface area (Å²) in [5.41, 5.74) is 6.33. The molecule has 0 spiro atoms. The molecule has 0 N–H and O–H groups in total. The summed E-state index contributed by atoms with van der Waals surface area (Å²) in [5.74, 6) is 0. The standard InChI is InChI=1S/C14H15.2ClH.Zr/c1-10-9-14(2,11-5-3-4-6-11)13-8-7-12(10)13;;;/h3-5H,6-8H2,1-2H3;2*1H;/q-1;;;+3/p-2. The van der Waals surface area contributed by atoms with Crippen molar-refractivity contribution in [3.05, 3.63) is 46.6 Å². The van der Waals surface area contributed by atoms with E-state index in [9.17, 15) is 0 Å². The van der Waals surface area contributed by atoms with E-state index in [-0.39, 0.29) is 56.4 Å². The Labute approximate surface area is 135 Å². The van der Waals surface area contributed by atoms with Gasteiger partial charge in [-0.2, -0.15) is 11.1 Å². The van der Waals surface area contributed by atoms with Crippen molar-refractivity contribution in [2.45, 2.75) is 33.1 Å². The largest absolute Gasteiger partial charge is 3.00 e. The molecule has 1 radical (unpaired) electrons. The van der Waals surface area contributed by atoms with Crippen molar-refractivity contribution in [3.63, 3.8) is 0 Å². The normalized spacial score (nSPS) is 28.1. The van der Waals surface area contributed by atoms with Crippen molar-refractivity contribution in [2.75, 3.05) is 0 Å². The third kappa shape index (κ3) is 2.44. The molecule has 17 heavy (non-hydrogen) atoms. The predicted molar refractivity (Wildman–Crippen MR) is 58.6 cm³/mol. The Kier molecular flexibility index (Phi) is 6.19. The molecular formula is C14H15Cl2Zr. The van der Waals surface area contributed by atoms with Gasteiger partial charge >= 0.3 is 26.2 Å². The fourth-order valence-electron chi connectivity index (χ4n) is 2.96. The second-order valence-electron chi connectivity index (χ2n) is 4.66. The van der Waals surface area contributed by atoms with Crippen LogP contribution >= 0.6 is 0 Å². The minimum atomic E-state index is 0. The number of allylic oxidation sites excluding steroid dienone is 8. The van der Waals surface area contributed by atoms with Crippen LogP contribution in [0.25, 0.3) is 0 Å². The zero-order chi connectivity index (χ0) is 9.76. The van der Waals surface area contributed by atoms with E-state index in [1.54, 1.807) is 11.1 Å².